The Kier molecular flexibility index (Phi) is 4.13. The van der Waals surface area contributed by atoms with Crippen LogP contribution >= 0.6 is 0 Å². The first-order valence-corrected chi connectivity index (χ1v) is 6.39. The van der Waals surface area contributed by atoms with E-state index in [0.717, 1.165) is 0 Å². The van der Waals surface area contributed by atoms with E-state index in [1.54, 1.807) is 24.5 Å². The normalized spacial score (nSPS) is 12.1. The van der Waals surface area contributed by atoms with Gasteiger partial charge in [-0.25, -0.2) is 13.5 Å². The molecule has 6 heteroatoms. The maximum Gasteiger partial charge on any atom is 0.280 e. The molecule has 2 rings (SSSR count). The molecule has 0 saturated carbocycles. The molecule has 4 nitrogen and oxygen atoms in total. The van der Waals surface area contributed by atoms with E-state index in [1.807, 2.05) is 20.8 Å². The number of hydrogen-bond donors (Lipinski definition) is 1. The van der Waals surface area contributed by atoms with E-state index < -0.39 is 6.43 Å². The van der Waals surface area contributed by atoms with Gasteiger partial charge in [0.05, 0.1) is 11.9 Å². The summed E-state index contributed by atoms with van der Waals surface area (Å²) in [7, 11) is 0. The summed E-state index contributed by atoms with van der Waals surface area (Å²) in [6, 6.07) is 3.31. The van der Waals surface area contributed by atoms with Crippen molar-refractivity contribution in [2.24, 2.45) is 0 Å². The van der Waals surface area contributed by atoms with E-state index >= 15 is 0 Å². The van der Waals surface area contributed by atoms with Gasteiger partial charge in [-0.05, 0) is 32.9 Å². The number of rotatable bonds is 4. The summed E-state index contributed by atoms with van der Waals surface area (Å²) in [5.74, 6) is 0. The first-order chi connectivity index (χ1) is 9.38. The summed E-state index contributed by atoms with van der Waals surface area (Å²) in [5.41, 5.74) is 0.870. The van der Waals surface area contributed by atoms with Crippen LogP contribution in [-0.2, 0) is 6.54 Å². The Balaban J connectivity index is 2.34. The van der Waals surface area contributed by atoms with Crippen molar-refractivity contribution in [1.82, 2.24) is 20.1 Å². The van der Waals surface area contributed by atoms with Gasteiger partial charge in [-0.2, -0.15) is 5.10 Å². The van der Waals surface area contributed by atoms with Gasteiger partial charge >= 0.3 is 0 Å². The molecule has 108 valence electrons. The third kappa shape index (κ3) is 3.39. The molecular weight excluding hydrogens is 262 g/mol. The predicted octanol–water partition coefficient (Wildman–Crippen LogP) is 3.09. The summed E-state index contributed by atoms with van der Waals surface area (Å²) in [4.78, 5) is 3.88. The lowest BCUT2D eigenvalue weighted by Gasteiger charge is -2.20. The van der Waals surface area contributed by atoms with Crippen molar-refractivity contribution in [2.75, 3.05) is 0 Å². The van der Waals surface area contributed by atoms with E-state index in [4.69, 9.17) is 0 Å². The molecule has 0 spiro atoms. The van der Waals surface area contributed by atoms with Crippen LogP contribution in [0, 0.1) is 0 Å². The van der Waals surface area contributed by atoms with Gasteiger partial charge in [-0.3, -0.25) is 4.98 Å². The molecule has 2 aromatic heterocycles. The number of nitrogens with one attached hydrogen (secondary N) is 1. The molecule has 2 aromatic rings. The predicted molar refractivity (Wildman–Crippen MR) is 72.9 cm³/mol. The monoisotopic (exact) mass is 280 g/mol. The zero-order chi connectivity index (χ0) is 14.8. The molecule has 0 aliphatic carbocycles. The van der Waals surface area contributed by atoms with Crippen LogP contribution in [0.25, 0.3) is 5.69 Å². The van der Waals surface area contributed by atoms with Crippen molar-refractivity contribution in [3.05, 3.63) is 42.0 Å². The van der Waals surface area contributed by atoms with Crippen LogP contribution in [0.15, 0.2) is 30.7 Å². The molecule has 0 radical (unpaired) electrons. The Labute approximate surface area is 116 Å². The third-order valence-electron chi connectivity index (χ3n) is 2.81. The van der Waals surface area contributed by atoms with Crippen molar-refractivity contribution in [2.45, 2.75) is 39.3 Å². The lowest BCUT2D eigenvalue weighted by Crippen LogP contribution is -2.35. The summed E-state index contributed by atoms with van der Waals surface area (Å²) >= 11 is 0. The lowest BCUT2D eigenvalue weighted by atomic mass is 10.1. The summed E-state index contributed by atoms with van der Waals surface area (Å²) < 4.78 is 27.9. The Morgan fingerprint density at radius 3 is 2.45 bits per heavy atom. The fourth-order valence-corrected chi connectivity index (χ4v) is 1.81. The lowest BCUT2D eigenvalue weighted by molar-refractivity contribution is 0.141. The molecule has 0 amide bonds. The standard InChI is InChI=1S/C14H18F2N4/c1-14(2,3)18-8-10-9-19-20(12(10)13(15)16)11-4-6-17-7-5-11/h4-7,9,13,18H,8H2,1-3H3. The van der Waals surface area contributed by atoms with Gasteiger partial charge in [0, 0.05) is 30.0 Å². The molecule has 2 heterocycles. The molecule has 0 bridgehead atoms. The van der Waals surface area contributed by atoms with E-state index in [9.17, 15) is 8.78 Å². The van der Waals surface area contributed by atoms with Crippen molar-refractivity contribution in [3.63, 3.8) is 0 Å². The fourth-order valence-electron chi connectivity index (χ4n) is 1.81. The zero-order valence-electron chi connectivity index (χ0n) is 11.8. The molecule has 0 aliphatic heterocycles. The Morgan fingerprint density at radius 1 is 1.25 bits per heavy atom. The molecular formula is C14H18F2N4. The van der Waals surface area contributed by atoms with Crippen molar-refractivity contribution in [1.29, 1.82) is 0 Å². The molecule has 0 fully saturated rings. The topological polar surface area (TPSA) is 42.7 Å². The number of hydrogen-bond acceptors (Lipinski definition) is 3. The first-order valence-electron chi connectivity index (χ1n) is 6.39. The molecule has 0 aromatic carbocycles. The molecule has 0 aliphatic rings. The second-order valence-corrected chi connectivity index (χ2v) is 5.58. The smallest absolute Gasteiger partial charge is 0.280 e. The highest BCUT2D eigenvalue weighted by molar-refractivity contribution is 5.34. The SMILES string of the molecule is CC(C)(C)NCc1cnn(-c2ccncc2)c1C(F)F. The molecule has 0 unspecified atom stereocenters. The van der Waals surface area contributed by atoms with E-state index in [1.165, 1.54) is 10.9 Å². The minimum atomic E-state index is -2.58. The third-order valence-corrected chi connectivity index (χ3v) is 2.81. The van der Waals surface area contributed by atoms with Gasteiger partial charge in [0.15, 0.2) is 0 Å². The molecule has 20 heavy (non-hydrogen) atoms. The molecule has 0 saturated heterocycles. The Morgan fingerprint density at radius 2 is 1.90 bits per heavy atom. The minimum absolute atomic E-state index is 0.0760. The second kappa shape index (κ2) is 5.66. The number of pyridine rings is 1. The zero-order valence-corrected chi connectivity index (χ0v) is 11.8. The number of aromatic nitrogens is 3. The average Bonchev–Trinajstić information content (AvgIpc) is 2.80. The quantitative estimate of drug-likeness (QED) is 0.935. The van der Waals surface area contributed by atoms with Crippen molar-refractivity contribution in [3.8, 4) is 5.69 Å². The summed E-state index contributed by atoms with van der Waals surface area (Å²) in [5, 5.41) is 7.28. The number of nitrogens with zero attached hydrogens (tertiary/aromatic N) is 3. The van der Waals surface area contributed by atoms with Crippen LogP contribution in [0.2, 0.25) is 0 Å². The van der Waals surface area contributed by atoms with Gasteiger partial charge in [-0.1, -0.05) is 0 Å². The fraction of sp³-hybridized carbons (Fsp3) is 0.429. The minimum Gasteiger partial charge on any atom is -0.308 e. The van der Waals surface area contributed by atoms with Crippen molar-refractivity contribution >= 4 is 0 Å². The largest absolute Gasteiger partial charge is 0.308 e. The maximum absolute atomic E-state index is 13.3. The van der Waals surface area contributed by atoms with Gasteiger partial charge in [0.2, 0.25) is 0 Å². The van der Waals surface area contributed by atoms with E-state index in [2.05, 4.69) is 15.4 Å². The summed E-state index contributed by atoms with van der Waals surface area (Å²) in [6.07, 6.45) is 2.02. The van der Waals surface area contributed by atoms with Gasteiger partial charge in [-0.15, -0.1) is 0 Å². The van der Waals surface area contributed by atoms with Crippen LogP contribution in [0.4, 0.5) is 8.78 Å². The highest BCUT2D eigenvalue weighted by Gasteiger charge is 2.22. The highest BCUT2D eigenvalue weighted by Crippen LogP contribution is 2.25. The van der Waals surface area contributed by atoms with Gasteiger partial charge in [0.1, 0.15) is 5.69 Å². The molecule has 0 atom stereocenters. The Bertz CT molecular complexity index is 558. The summed E-state index contributed by atoms with van der Waals surface area (Å²) in [6.45, 7) is 6.32. The van der Waals surface area contributed by atoms with Crippen LogP contribution in [-0.4, -0.2) is 20.3 Å². The van der Waals surface area contributed by atoms with Crippen LogP contribution in [0.1, 0.15) is 38.5 Å². The van der Waals surface area contributed by atoms with Crippen LogP contribution in [0.3, 0.4) is 0 Å². The maximum atomic E-state index is 13.3. The highest BCUT2D eigenvalue weighted by atomic mass is 19.3. The van der Waals surface area contributed by atoms with Crippen LogP contribution < -0.4 is 5.32 Å². The van der Waals surface area contributed by atoms with Crippen molar-refractivity contribution < 1.29 is 8.78 Å². The van der Waals surface area contributed by atoms with E-state index in [0.29, 0.717) is 17.8 Å². The van der Waals surface area contributed by atoms with Gasteiger partial charge in [0.25, 0.3) is 6.43 Å². The second-order valence-electron chi connectivity index (χ2n) is 5.58. The first kappa shape index (κ1) is 14.6. The number of alkyl halides is 2. The number of halogens is 2. The van der Waals surface area contributed by atoms with E-state index in [-0.39, 0.29) is 11.2 Å². The van der Waals surface area contributed by atoms with Gasteiger partial charge < -0.3 is 5.32 Å². The van der Waals surface area contributed by atoms with Crippen LogP contribution in [0.5, 0.6) is 0 Å². The Hall–Kier alpha value is -1.82. The average molecular weight is 280 g/mol. The molecule has 1 N–H and O–H groups in total.